The Kier molecular flexibility index (Phi) is 6.41. The van der Waals surface area contributed by atoms with Gasteiger partial charge in [-0.1, -0.05) is 6.92 Å². The number of ether oxygens (including phenoxy) is 1. The fourth-order valence-electron chi connectivity index (χ4n) is 2.64. The highest BCUT2D eigenvalue weighted by Crippen LogP contribution is 2.01. The van der Waals surface area contributed by atoms with E-state index in [2.05, 4.69) is 22.0 Å². The summed E-state index contributed by atoms with van der Waals surface area (Å²) in [5.74, 6) is -0.874. The Bertz CT molecular complexity index is 350. The molecule has 0 radical (unpaired) electrons. The Labute approximate surface area is 126 Å². The van der Waals surface area contributed by atoms with E-state index in [1.165, 1.54) is 0 Å². The Morgan fingerprint density at radius 2 is 1.67 bits per heavy atom. The monoisotopic (exact) mass is 298 g/mol. The lowest BCUT2D eigenvalue weighted by atomic mass is 10.3. The van der Waals surface area contributed by atoms with Crippen LogP contribution < -0.4 is 5.32 Å². The van der Waals surface area contributed by atoms with Crippen molar-refractivity contribution >= 4 is 11.8 Å². The number of carbonyl (C=O) groups excluding carboxylic acids is 2. The average Bonchev–Trinajstić information content (AvgIpc) is 2.55. The lowest BCUT2D eigenvalue weighted by Gasteiger charge is -2.33. The van der Waals surface area contributed by atoms with Crippen molar-refractivity contribution in [2.24, 2.45) is 0 Å². The van der Waals surface area contributed by atoms with Gasteiger partial charge in [-0.3, -0.25) is 14.5 Å². The summed E-state index contributed by atoms with van der Waals surface area (Å²) in [5.41, 5.74) is 0. The molecule has 0 aliphatic carbocycles. The van der Waals surface area contributed by atoms with Crippen LogP contribution in [0.3, 0.4) is 0 Å². The molecular weight excluding hydrogens is 272 g/mol. The van der Waals surface area contributed by atoms with Crippen molar-refractivity contribution in [3.8, 4) is 0 Å². The Morgan fingerprint density at radius 3 is 2.29 bits per heavy atom. The summed E-state index contributed by atoms with van der Waals surface area (Å²) >= 11 is 0. The molecule has 120 valence electrons. The van der Waals surface area contributed by atoms with Crippen molar-refractivity contribution in [1.82, 2.24) is 20.0 Å². The van der Waals surface area contributed by atoms with Gasteiger partial charge in [-0.2, -0.15) is 0 Å². The predicted molar refractivity (Wildman–Crippen MR) is 79.0 cm³/mol. The number of carbonyl (C=O) groups is 2. The zero-order valence-electron chi connectivity index (χ0n) is 12.8. The second-order valence-corrected chi connectivity index (χ2v) is 5.44. The molecule has 0 aromatic rings. The van der Waals surface area contributed by atoms with E-state index in [9.17, 15) is 9.59 Å². The second kappa shape index (κ2) is 8.31. The third-order valence-corrected chi connectivity index (χ3v) is 4.12. The van der Waals surface area contributed by atoms with Crippen molar-refractivity contribution in [3.63, 3.8) is 0 Å². The minimum absolute atomic E-state index is 0.396. The number of morpholine rings is 1. The normalized spacial score (nSPS) is 21.3. The highest BCUT2D eigenvalue weighted by Gasteiger charge is 2.25. The van der Waals surface area contributed by atoms with Gasteiger partial charge in [-0.25, -0.2) is 0 Å². The van der Waals surface area contributed by atoms with Gasteiger partial charge in [0.1, 0.15) is 0 Å². The lowest BCUT2D eigenvalue weighted by molar-refractivity contribution is -0.147. The third kappa shape index (κ3) is 4.94. The maximum absolute atomic E-state index is 12.0. The first kappa shape index (κ1) is 16.2. The summed E-state index contributed by atoms with van der Waals surface area (Å²) in [6.45, 7) is 10.6. The first-order chi connectivity index (χ1) is 10.2. The summed E-state index contributed by atoms with van der Waals surface area (Å²) < 4.78 is 5.27. The number of piperazine rings is 1. The molecule has 0 unspecified atom stereocenters. The highest BCUT2D eigenvalue weighted by atomic mass is 16.5. The van der Waals surface area contributed by atoms with Gasteiger partial charge in [0, 0.05) is 52.4 Å². The summed E-state index contributed by atoms with van der Waals surface area (Å²) in [7, 11) is 0. The molecule has 7 heteroatoms. The van der Waals surface area contributed by atoms with Crippen molar-refractivity contribution in [2.45, 2.75) is 6.92 Å². The molecular formula is C14H26N4O3. The van der Waals surface area contributed by atoms with E-state index < -0.39 is 11.8 Å². The highest BCUT2D eigenvalue weighted by molar-refractivity contribution is 6.35. The Balaban J connectivity index is 1.64. The molecule has 0 bridgehead atoms. The molecule has 2 aliphatic rings. The minimum Gasteiger partial charge on any atom is -0.379 e. The van der Waals surface area contributed by atoms with Crippen LogP contribution >= 0.6 is 0 Å². The van der Waals surface area contributed by atoms with Crippen LogP contribution in [0.1, 0.15) is 6.92 Å². The van der Waals surface area contributed by atoms with Gasteiger partial charge in [-0.15, -0.1) is 0 Å². The van der Waals surface area contributed by atoms with Crippen LogP contribution in [0.4, 0.5) is 0 Å². The SMILES string of the molecule is CCN1CCN(C(=O)C(=O)NCCN2CCOCC2)CC1. The van der Waals surface area contributed by atoms with Crippen molar-refractivity contribution in [2.75, 3.05) is 72.1 Å². The van der Waals surface area contributed by atoms with E-state index in [0.717, 1.165) is 52.5 Å². The van der Waals surface area contributed by atoms with E-state index in [0.29, 0.717) is 19.6 Å². The fourth-order valence-corrected chi connectivity index (χ4v) is 2.64. The van der Waals surface area contributed by atoms with Crippen LogP contribution in [-0.4, -0.2) is 98.6 Å². The standard InChI is InChI=1S/C14H26N4O3/c1-2-16-5-7-18(8-6-16)14(20)13(19)15-3-4-17-9-11-21-12-10-17/h2-12H2,1H3,(H,15,19). The zero-order chi connectivity index (χ0) is 15.1. The fraction of sp³-hybridized carbons (Fsp3) is 0.857. The van der Waals surface area contributed by atoms with Crippen LogP contribution in [0.15, 0.2) is 0 Å². The van der Waals surface area contributed by atoms with Crippen LogP contribution in [0.2, 0.25) is 0 Å². The largest absolute Gasteiger partial charge is 0.379 e. The molecule has 0 spiro atoms. The first-order valence-corrected chi connectivity index (χ1v) is 7.80. The van der Waals surface area contributed by atoms with E-state index in [1.807, 2.05) is 0 Å². The lowest BCUT2D eigenvalue weighted by Crippen LogP contribution is -2.53. The zero-order valence-corrected chi connectivity index (χ0v) is 12.8. The molecule has 0 aromatic heterocycles. The molecule has 21 heavy (non-hydrogen) atoms. The average molecular weight is 298 g/mol. The third-order valence-electron chi connectivity index (χ3n) is 4.12. The molecule has 0 atom stereocenters. The Hall–Kier alpha value is -1.18. The summed E-state index contributed by atoms with van der Waals surface area (Å²) in [4.78, 5) is 30.1. The van der Waals surface area contributed by atoms with Gasteiger partial charge in [0.25, 0.3) is 0 Å². The van der Waals surface area contributed by atoms with Gasteiger partial charge >= 0.3 is 11.8 Å². The van der Waals surface area contributed by atoms with Gasteiger partial charge in [0.05, 0.1) is 13.2 Å². The maximum Gasteiger partial charge on any atom is 0.311 e. The molecule has 2 amide bonds. The van der Waals surface area contributed by atoms with Crippen LogP contribution in [0.5, 0.6) is 0 Å². The second-order valence-electron chi connectivity index (χ2n) is 5.44. The summed E-state index contributed by atoms with van der Waals surface area (Å²) in [5, 5.41) is 2.73. The minimum atomic E-state index is -0.479. The molecule has 1 N–H and O–H groups in total. The van der Waals surface area contributed by atoms with E-state index in [4.69, 9.17) is 4.74 Å². The van der Waals surface area contributed by atoms with E-state index >= 15 is 0 Å². The molecule has 2 heterocycles. The number of amides is 2. The number of hydrogen-bond donors (Lipinski definition) is 1. The van der Waals surface area contributed by atoms with Crippen LogP contribution in [0, 0.1) is 0 Å². The predicted octanol–water partition coefficient (Wildman–Crippen LogP) is -1.40. The van der Waals surface area contributed by atoms with Gasteiger partial charge in [0.2, 0.25) is 0 Å². The van der Waals surface area contributed by atoms with Crippen LogP contribution in [0.25, 0.3) is 0 Å². The van der Waals surface area contributed by atoms with Crippen molar-refractivity contribution < 1.29 is 14.3 Å². The topological polar surface area (TPSA) is 65.1 Å². The first-order valence-electron chi connectivity index (χ1n) is 7.80. The number of hydrogen-bond acceptors (Lipinski definition) is 5. The van der Waals surface area contributed by atoms with Gasteiger partial charge in [-0.05, 0) is 6.54 Å². The number of rotatable bonds is 4. The molecule has 2 saturated heterocycles. The maximum atomic E-state index is 12.0. The van der Waals surface area contributed by atoms with Gasteiger partial charge < -0.3 is 19.9 Å². The van der Waals surface area contributed by atoms with Crippen molar-refractivity contribution in [3.05, 3.63) is 0 Å². The van der Waals surface area contributed by atoms with E-state index in [1.54, 1.807) is 4.90 Å². The van der Waals surface area contributed by atoms with Gasteiger partial charge in [0.15, 0.2) is 0 Å². The Morgan fingerprint density at radius 1 is 1.00 bits per heavy atom. The van der Waals surface area contributed by atoms with Crippen molar-refractivity contribution in [1.29, 1.82) is 0 Å². The number of likely N-dealkylation sites (N-methyl/N-ethyl adjacent to an activating group) is 1. The summed E-state index contributed by atoms with van der Waals surface area (Å²) in [6.07, 6.45) is 0. The number of nitrogens with one attached hydrogen (secondary N) is 1. The molecule has 2 fully saturated rings. The smallest absolute Gasteiger partial charge is 0.311 e. The number of nitrogens with zero attached hydrogens (tertiary/aromatic N) is 3. The quantitative estimate of drug-likeness (QED) is 0.647. The van der Waals surface area contributed by atoms with E-state index in [-0.39, 0.29) is 0 Å². The van der Waals surface area contributed by atoms with Crippen LogP contribution in [-0.2, 0) is 14.3 Å². The molecule has 0 aromatic carbocycles. The molecule has 7 nitrogen and oxygen atoms in total. The summed E-state index contributed by atoms with van der Waals surface area (Å²) in [6, 6.07) is 0. The molecule has 2 rings (SSSR count). The molecule has 2 aliphatic heterocycles. The molecule has 0 saturated carbocycles.